The van der Waals surface area contributed by atoms with Gasteiger partial charge in [-0.05, 0) is 63.8 Å². The minimum absolute atomic E-state index is 0.449. The van der Waals surface area contributed by atoms with E-state index in [1.54, 1.807) is 10.7 Å². The van der Waals surface area contributed by atoms with Crippen molar-refractivity contribution in [2.45, 2.75) is 55.4 Å². The van der Waals surface area contributed by atoms with Crippen LogP contribution in [0.3, 0.4) is 0 Å². The van der Waals surface area contributed by atoms with Crippen LogP contribution in [-0.4, -0.2) is 26.4 Å². The van der Waals surface area contributed by atoms with Gasteiger partial charge in [0.15, 0.2) is 0 Å². The Labute approximate surface area is 210 Å². The van der Waals surface area contributed by atoms with Crippen molar-refractivity contribution < 1.29 is 0 Å². The van der Waals surface area contributed by atoms with Crippen molar-refractivity contribution in [3.63, 3.8) is 0 Å². The zero-order valence-corrected chi connectivity index (χ0v) is 21.1. The van der Waals surface area contributed by atoms with E-state index in [2.05, 4.69) is 47.6 Å². The van der Waals surface area contributed by atoms with Gasteiger partial charge in [0.1, 0.15) is 12.1 Å². The summed E-state index contributed by atoms with van der Waals surface area (Å²) in [7, 11) is 1.50. The van der Waals surface area contributed by atoms with E-state index in [4.69, 9.17) is 5.10 Å². The van der Waals surface area contributed by atoms with Crippen molar-refractivity contribution in [1.82, 2.24) is 19.4 Å². The van der Waals surface area contributed by atoms with E-state index in [9.17, 15) is 10.5 Å². The summed E-state index contributed by atoms with van der Waals surface area (Å²) in [5, 5.41) is 28.4. The standard InChI is InChI=1S/C26H24N6S.CH5N/c1-17-7-9-22(10-8-17)32-18(2)23(15-30-32)20-11-25(26-21(13-28)14-29-31(26)16-20)33-24-6-4-3-5-19(24)12-27;1-2/h3-6,11,14-17,22H,7-10H2,1-2H3;2H2,1H3. The number of hydrogen-bond donors (Lipinski definition) is 1. The normalized spacial score (nSPS) is 17.3. The van der Waals surface area contributed by atoms with Crippen LogP contribution in [0.5, 0.6) is 0 Å². The molecule has 1 aliphatic rings. The maximum absolute atomic E-state index is 9.63. The summed E-state index contributed by atoms with van der Waals surface area (Å²) in [6, 6.07) is 14.6. The molecule has 1 saturated carbocycles. The van der Waals surface area contributed by atoms with Crippen molar-refractivity contribution in [2.75, 3.05) is 7.05 Å². The Morgan fingerprint density at radius 1 is 0.971 bits per heavy atom. The fraction of sp³-hybridized carbons (Fsp3) is 0.333. The first kappa shape index (κ1) is 24.5. The lowest BCUT2D eigenvalue weighted by atomic mass is 9.87. The minimum Gasteiger partial charge on any atom is -0.333 e. The van der Waals surface area contributed by atoms with Gasteiger partial charge in [0, 0.05) is 32.8 Å². The molecule has 0 atom stereocenters. The Morgan fingerprint density at radius 3 is 2.40 bits per heavy atom. The molecule has 1 fully saturated rings. The first-order valence-corrected chi connectivity index (χ1v) is 12.6. The summed E-state index contributed by atoms with van der Waals surface area (Å²) in [6.07, 6.45) is 10.3. The summed E-state index contributed by atoms with van der Waals surface area (Å²) in [5.74, 6) is 0.795. The molecule has 0 amide bonds. The zero-order chi connectivity index (χ0) is 24.9. The van der Waals surface area contributed by atoms with Gasteiger partial charge in [0.25, 0.3) is 0 Å². The highest BCUT2D eigenvalue weighted by atomic mass is 32.2. The quantitative estimate of drug-likeness (QED) is 0.397. The first-order chi connectivity index (χ1) is 17.1. The predicted octanol–water partition coefficient (Wildman–Crippen LogP) is 5.73. The monoisotopic (exact) mass is 483 g/mol. The Kier molecular flexibility index (Phi) is 7.55. The Hall–Kier alpha value is -3.59. The average molecular weight is 484 g/mol. The number of aromatic nitrogens is 4. The topological polar surface area (TPSA) is 109 Å². The second-order valence-electron chi connectivity index (χ2n) is 8.77. The summed E-state index contributed by atoms with van der Waals surface area (Å²) in [4.78, 5) is 1.75. The van der Waals surface area contributed by atoms with Gasteiger partial charge in [0.05, 0.1) is 35.1 Å². The molecule has 0 bridgehead atoms. The summed E-state index contributed by atoms with van der Waals surface area (Å²) in [6.45, 7) is 4.46. The summed E-state index contributed by atoms with van der Waals surface area (Å²) in [5.41, 5.74) is 9.60. The molecule has 2 N–H and O–H groups in total. The maximum Gasteiger partial charge on any atom is 0.103 e. The Balaban J connectivity index is 0.00000141. The Bertz CT molecular complexity index is 1410. The van der Waals surface area contributed by atoms with E-state index >= 15 is 0 Å². The largest absolute Gasteiger partial charge is 0.333 e. The van der Waals surface area contributed by atoms with Crippen LogP contribution in [-0.2, 0) is 0 Å². The zero-order valence-electron chi connectivity index (χ0n) is 20.3. The summed E-state index contributed by atoms with van der Waals surface area (Å²) < 4.78 is 3.96. The van der Waals surface area contributed by atoms with Gasteiger partial charge in [0.2, 0.25) is 0 Å². The lowest BCUT2D eigenvalue weighted by Gasteiger charge is -2.27. The van der Waals surface area contributed by atoms with E-state index in [1.807, 2.05) is 36.7 Å². The second-order valence-corrected chi connectivity index (χ2v) is 9.85. The van der Waals surface area contributed by atoms with Crippen LogP contribution in [0.1, 0.15) is 55.5 Å². The molecule has 0 radical (unpaired) electrons. The van der Waals surface area contributed by atoms with E-state index in [0.29, 0.717) is 17.2 Å². The van der Waals surface area contributed by atoms with E-state index in [1.165, 1.54) is 44.5 Å². The highest BCUT2D eigenvalue weighted by Gasteiger charge is 2.23. The molecule has 1 aromatic carbocycles. The molecule has 8 heteroatoms. The van der Waals surface area contributed by atoms with E-state index in [-0.39, 0.29) is 0 Å². The molecule has 0 aliphatic heterocycles. The van der Waals surface area contributed by atoms with Crippen LogP contribution in [0, 0.1) is 35.5 Å². The third-order valence-electron chi connectivity index (χ3n) is 6.61. The molecule has 4 aromatic rings. The van der Waals surface area contributed by atoms with Crippen LogP contribution in [0.15, 0.2) is 58.7 Å². The van der Waals surface area contributed by atoms with Crippen molar-refractivity contribution in [2.24, 2.45) is 11.7 Å². The number of nitriles is 2. The summed E-state index contributed by atoms with van der Waals surface area (Å²) >= 11 is 1.49. The molecular formula is C27H29N7S. The number of benzene rings is 1. The van der Waals surface area contributed by atoms with Gasteiger partial charge in [-0.1, -0.05) is 30.8 Å². The van der Waals surface area contributed by atoms with Crippen molar-refractivity contribution in [3.05, 3.63) is 65.7 Å². The molecule has 3 aromatic heterocycles. The van der Waals surface area contributed by atoms with E-state index in [0.717, 1.165) is 38.0 Å². The SMILES string of the molecule is CN.Cc1c(-c2cc(Sc3ccccc3C#N)c3c(C#N)cnn3c2)cnn1C1CCC(C)CC1. The van der Waals surface area contributed by atoms with Crippen molar-refractivity contribution in [3.8, 4) is 23.3 Å². The van der Waals surface area contributed by atoms with Crippen molar-refractivity contribution in [1.29, 1.82) is 10.5 Å². The van der Waals surface area contributed by atoms with Gasteiger partial charge in [-0.3, -0.25) is 4.68 Å². The molecule has 3 heterocycles. The van der Waals surface area contributed by atoms with E-state index < -0.39 is 0 Å². The number of pyridine rings is 1. The van der Waals surface area contributed by atoms with Gasteiger partial charge in [-0.15, -0.1) is 0 Å². The first-order valence-electron chi connectivity index (χ1n) is 11.8. The highest BCUT2D eigenvalue weighted by molar-refractivity contribution is 7.99. The molecule has 1 aliphatic carbocycles. The third kappa shape index (κ3) is 4.81. The predicted molar refractivity (Wildman–Crippen MR) is 138 cm³/mol. The lowest BCUT2D eigenvalue weighted by Crippen LogP contribution is -2.18. The number of nitrogens with zero attached hydrogens (tertiary/aromatic N) is 6. The fourth-order valence-corrected chi connectivity index (χ4v) is 5.81. The number of fused-ring (bicyclic) bond motifs is 1. The van der Waals surface area contributed by atoms with Gasteiger partial charge >= 0.3 is 0 Å². The average Bonchev–Trinajstić information content (AvgIpc) is 3.49. The molecule has 0 saturated heterocycles. The molecule has 0 unspecified atom stereocenters. The lowest BCUT2D eigenvalue weighted by molar-refractivity contribution is 0.271. The molecule has 178 valence electrons. The smallest absolute Gasteiger partial charge is 0.103 e. The van der Waals surface area contributed by atoms with Crippen LogP contribution >= 0.6 is 11.8 Å². The third-order valence-corrected chi connectivity index (χ3v) is 7.72. The van der Waals surface area contributed by atoms with Gasteiger partial charge in [-0.25, -0.2) is 4.52 Å². The number of nitrogens with two attached hydrogens (primary N) is 1. The van der Waals surface area contributed by atoms with Crippen LogP contribution in [0.4, 0.5) is 0 Å². The molecule has 7 nitrogen and oxygen atoms in total. The van der Waals surface area contributed by atoms with Crippen molar-refractivity contribution >= 4 is 17.3 Å². The van der Waals surface area contributed by atoms with Crippen LogP contribution < -0.4 is 5.73 Å². The molecule has 35 heavy (non-hydrogen) atoms. The molecule has 0 spiro atoms. The molecule has 5 rings (SSSR count). The number of hydrogen-bond acceptors (Lipinski definition) is 6. The molecular weight excluding hydrogens is 454 g/mol. The number of rotatable bonds is 4. The van der Waals surface area contributed by atoms with Crippen LogP contribution in [0.25, 0.3) is 16.6 Å². The second kappa shape index (κ2) is 10.8. The maximum atomic E-state index is 9.63. The van der Waals surface area contributed by atoms with Gasteiger partial charge < -0.3 is 5.73 Å². The fourth-order valence-electron chi connectivity index (χ4n) is 4.72. The van der Waals surface area contributed by atoms with Crippen LogP contribution in [0.2, 0.25) is 0 Å². The van der Waals surface area contributed by atoms with Gasteiger partial charge in [-0.2, -0.15) is 20.7 Å². The highest BCUT2D eigenvalue weighted by Crippen LogP contribution is 2.39. The Morgan fingerprint density at radius 2 is 1.69 bits per heavy atom. The minimum atomic E-state index is 0.449.